The van der Waals surface area contributed by atoms with Crippen molar-refractivity contribution in [1.29, 1.82) is 0 Å². The highest BCUT2D eigenvalue weighted by molar-refractivity contribution is 5.91. The third-order valence-electron chi connectivity index (χ3n) is 3.98. The van der Waals surface area contributed by atoms with Crippen LogP contribution in [0.25, 0.3) is 16.9 Å². The summed E-state index contributed by atoms with van der Waals surface area (Å²) < 4.78 is 7.39. The topological polar surface area (TPSA) is 64.4 Å². The molecule has 0 unspecified atom stereocenters. The molecule has 1 aromatic heterocycles. The van der Waals surface area contributed by atoms with Gasteiger partial charge in [-0.1, -0.05) is 29.8 Å². The molecule has 23 heavy (non-hydrogen) atoms. The molecule has 5 nitrogen and oxygen atoms in total. The number of hydrogen-bond acceptors (Lipinski definition) is 3. The van der Waals surface area contributed by atoms with Crippen molar-refractivity contribution >= 4 is 5.97 Å². The van der Waals surface area contributed by atoms with E-state index in [9.17, 15) is 9.90 Å². The molecule has 2 heterocycles. The van der Waals surface area contributed by atoms with Crippen LogP contribution in [0.2, 0.25) is 0 Å². The first-order valence-electron chi connectivity index (χ1n) is 7.29. The summed E-state index contributed by atoms with van der Waals surface area (Å²) in [6, 6.07) is 15.4. The lowest BCUT2D eigenvalue weighted by atomic mass is 10.0. The van der Waals surface area contributed by atoms with Crippen molar-refractivity contribution in [2.45, 2.75) is 13.5 Å². The molecule has 0 fully saturated rings. The van der Waals surface area contributed by atoms with E-state index in [1.54, 1.807) is 4.68 Å². The molecule has 2 aromatic carbocycles. The molecule has 0 atom stereocenters. The third-order valence-corrected chi connectivity index (χ3v) is 3.98. The SMILES string of the molecule is Cc1ccc(-n2nc(C(=O)O)c3c2-c2ccccc2OC3)cc1. The van der Waals surface area contributed by atoms with Crippen molar-refractivity contribution in [3.8, 4) is 22.7 Å². The van der Waals surface area contributed by atoms with Crippen LogP contribution in [-0.2, 0) is 6.61 Å². The van der Waals surface area contributed by atoms with Crippen molar-refractivity contribution in [1.82, 2.24) is 9.78 Å². The van der Waals surface area contributed by atoms with Crippen molar-refractivity contribution in [3.05, 3.63) is 65.4 Å². The highest BCUT2D eigenvalue weighted by atomic mass is 16.5. The van der Waals surface area contributed by atoms with E-state index in [1.165, 1.54) is 0 Å². The molecule has 0 spiro atoms. The molecule has 1 N–H and O–H groups in total. The first-order chi connectivity index (χ1) is 11.1. The summed E-state index contributed by atoms with van der Waals surface area (Å²) in [5.41, 5.74) is 4.25. The number of ether oxygens (including phenoxy) is 1. The van der Waals surface area contributed by atoms with Crippen LogP contribution < -0.4 is 4.74 Å². The Morgan fingerprint density at radius 3 is 2.65 bits per heavy atom. The normalized spacial score (nSPS) is 12.2. The Balaban J connectivity index is 2.01. The molecule has 4 rings (SSSR count). The van der Waals surface area contributed by atoms with Gasteiger partial charge in [0.05, 0.1) is 16.9 Å². The average molecular weight is 306 g/mol. The lowest BCUT2D eigenvalue weighted by Crippen LogP contribution is -2.09. The van der Waals surface area contributed by atoms with Gasteiger partial charge in [-0.15, -0.1) is 0 Å². The smallest absolute Gasteiger partial charge is 0.356 e. The minimum atomic E-state index is -1.05. The maximum atomic E-state index is 11.6. The van der Waals surface area contributed by atoms with Gasteiger partial charge in [0.1, 0.15) is 12.4 Å². The molecule has 0 amide bonds. The summed E-state index contributed by atoms with van der Waals surface area (Å²) in [5.74, 6) is -0.305. The lowest BCUT2D eigenvalue weighted by molar-refractivity contribution is 0.0687. The minimum Gasteiger partial charge on any atom is -0.488 e. The van der Waals surface area contributed by atoms with Crippen LogP contribution >= 0.6 is 0 Å². The second-order valence-corrected chi connectivity index (χ2v) is 5.51. The minimum absolute atomic E-state index is 0.0371. The van der Waals surface area contributed by atoms with Gasteiger partial charge < -0.3 is 9.84 Å². The van der Waals surface area contributed by atoms with Crippen molar-refractivity contribution in [2.24, 2.45) is 0 Å². The number of nitrogens with zero attached hydrogens (tertiary/aromatic N) is 2. The summed E-state index contributed by atoms with van der Waals surface area (Å²) in [5, 5.41) is 13.8. The molecule has 114 valence electrons. The number of aromatic nitrogens is 2. The van der Waals surface area contributed by atoms with Crippen LogP contribution in [-0.4, -0.2) is 20.9 Å². The van der Waals surface area contributed by atoms with E-state index in [0.717, 1.165) is 28.3 Å². The summed E-state index contributed by atoms with van der Waals surface area (Å²) in [4.78, 5) is 11.6. The number of rotatable bonds is 2. The Kier molecular flexibility index (Phi) is 2.94. The van der Waals surface area contributed by atoms with E-state index >= 15 is 0 Å². The van der Waals surface area contributed by atoms with Gasteiger partial charge in [0.25, 0.3) is 0 Å². The lowest BCUT2D eigenvalue weighted by Gasteiger charge is -2.19. The van der Waals surface area contributed by atoms with E-state index in [-0.39, 0.29) is 12.3 Å². The number of carboxylic acid groups (broad SMARTS) is 1. The third kappa shape index (κ3) is 2.09. The van der Waals surface area contributed by atoms with E-state index in [0.29, 0.717) is 5.56 Å². The van der Waals surface area contributed by atoms with Crippen LogP contribution in [0.4, 0.5) is 0 Å². The van der Waals surface area contributed by atoms with Gasteiger partial charge in [-0.25, -0.2) is 9.48 Å². The summed E-state index contributed by atoms with van der Waals surface area (Å²) in [6.07, 6.45) is 0. The number of carboxylic acids is 1. The fourth-order valence-electron chi connectivity index (χ4n) is 2.85. The van der Waals surface area contributed by atoms with Crippen LogP contribution in [0.3, 0.4) is 0 Å². The zero-order valence-corrected chi connectivity index (χ0v) is 12.5. The Labute approximate surface area is 132 Å². The zero-order chi connectivity index (χ0) is 16.0. The number of para-hydroxylation sites is 1. The number of hydrogen-bond donors (Lipinski definition) is 1. The predicted molar refractivity (Wildman–Crippen MR) is 85.0 cm³/mol. The molecule has 1 aliphatic heterocycles. The van der Waals surface area contributed by atoms with Crippen LogP contribution in [0.1, 0.15) is 21.6 Å². The van der Waals surface area contributed by atoms with Crippen molar-refractivity contribution < 1.29 is 14.6 Å². The highest BCUT2D eigenvalue weighted by Gasteiger charge is 2.29. The van der Waals surface area contributed by atoms with Gasteiger partial charge in [0.2, 0.25) is 0 Å². The second kappa shape index (κ2) is 4.98. The van der Waals surface area contributed by atoms with Gasteiger partial charge in [0.15, 0.2) is 5.69 Å². The number of aromatic carboxylic acids is 1. The van der Waals surface area contributed by atoms with Crippen molar-refractivity contribution in [2.75, 3.05) is 0 Å². The summed E-state index contributed by atoms with van der Waals surface area (Å²) >= 11 is 0. The maximum Gasteiger partial charge on any atom is 0.356 e. The van der Waals surface area contributed by atoms with Crippen LogP contribution in [0.15, 0.2) is 48.5 Å². The fourth-order valence-corrected chi connectivity index (χ4v) is 2.85. The fraction of sp³-hybridized carbons (Fsp3) is 0.111. The Hall–Kier alpha value is -3.08. The van der Waals surface area contributed by atoms with Crippen molar-refractivity contribution in [3.63, 3.8) is 0 Å². The Morgan fingerprint density at radius 1 is 1.17 bits per heavy atom. The Bertz CT molecular complexity index is 911. The number of benzene rings is 2. The van der Waals surface area contributed by atoms with Gasteiger partial charge in [-0.3, -0.25) is 0 Å². The largest absolute Gasteiger partial charge is 0.488 e. The molecule has 0 saturated heterocycles. The van der Waals surface area contributed by atoms with Gasteiger partial charge in [-0.2, -0.15) is 5.10 Å². The molecule has 3 aromatic rings. The molecule has 0 saturated carbocycles. The second-order valence-electron chi connectivity index (χ2n) is 5.51. The predicted octanol–water partition coefficient (Wildman–Crippen LogP) is 3.44. The first-order valence-corrected chi connectivity index (χ1v) is 7.29. The monoisotopic (exact) mass is 306 g/mol. The maximum absolute atomic E-state index is 11.6. The van der Waals surface area contributed by atoms with Crippen LogP contribution in [0, 0.1) is 6.92 Å². The molecular formula is C18H14N2O3. The van der Waals surface area contributed by atoms with Gasteiger partial charge in [0, 0.05) is 5.56 Å². The Morgan fingerprint density at radius 2 is 1.91 bits per heavy atom. The van der Waals surface area contributed by atoms with E-state index < -0.39 is 5.97 Å². The standard InChI is InChI=1S/C18H14N2O3/c1-11-6-8-12(9-7-11)20-17-13-4-2-3-5-15(13)23-10-14(17)16(19-20)18(21)22/h2-9H,10H2,1H3,(H,21,22). The molecule has 0 bridgehead atoms. The zero-order valence-electron chi connectivity index (χ0n) is 12.5. The average Bonchev–Trinajstić information content (AvgIpc) is 2.96. The molecule has 5 heteroatoms. The molecule has 0 radical (unpaired) electrons. The quantitative estimate of drug-likeness (QED) is 0.787. The molecule has 0 aliphatic carbocycles. The molecular weight excluding hydrogens is 292 g/mol. The van der Waals surface area contributed by atoms with Gasteiger partial charge in [-0.05, 0) is 31.2 Å². The molecule has 1 aliphatic rings. The van der Waals surface area contributed by atoms with E-state index in [1.807, 2.05) is 55.5 Å². The van der Waals surface area contributed by atoms with Crippen LogP contribution in [0.5, 0.6) is 5.75 Å². The number of fused-ring (bicyclic) bond motifs is 3. The highest BCUT2D eigenvalue weighted by Crippen LogP contribution is 2.39. The van der Waals surface area contributed by atoms with Gasteiger partial charge >= 0.3 is 5.97 Å². The number of aryl methyl sites for hydroxylation is 1. The summed E-state index contributed by atoms with van der Waals surface area (Å²) in [7, 11) is 0. The van der Waals surface area contributed by atoms with E-state index in [2.05, 4.69) is 5.10 Å². The summed E-state index contributed by atoms with van der Waals surface area (Å²) in [6.45, 7) is 2.22. The first kappa shape index (κ1) is 13.6. The van der Waals surface area contributed by atoms with E-state index in [4.69, 9.17) is 4.74 Å². The number of carbonyl (C=O) groups is 1.